The maximum atomic E-state index is 14.7. The van der Waals surface area contributed by atoms with E-state index in [1.54, 1.807) is 30.2 Å². The molecule has 10 nitrogen and oxygen atoms in total. The highest BCUT2D eigenvalue weighted by Crippen LogP contribution is 2.28. The normalized spacial score (nSPS) is 13.2. The van der Waals surface area contributed by atoms with E-state index in [-0.39, 0.29) is 35.9 Å². The van der Waals surface area contributed by atoms with Gasteiger partial charge in [-0.2, -0.15) is 5.10 Å². The van der Waals surface area contributed by atoms with Gasteiger partial charge in [-0.3, -0.25) is 14.5 Å². The fourth-order valence-corrected chi connectivity index (χ4v) is 3.09. The summed E-state index contributed by atoms with van der Waals surface area (Å²) in [6, 6.07) is 0.321. The Labute approximate surface area is 179 Å². The van der Waals surface area contributed by atoms with Crippen LogP contribution in [0.3, 0.4) is 0 Å². The number of rotatable bonds is 10. The summed E-state index contributed by atoms with van der Waals surface area (Å²) in [5.41, 5.74) is 12.7. The highest BCUT2D eigenvalue weighted by molar-refractivity contribution is 6.00. The minimum Gasteiger partial charge on any atom is -0.380 e. The van der Waals surface area contributed by atoms with E-state index in [1.807, 2.05) is 13.8 Å². The Morgan fingerprint density at radius 3 is 2.71 bits per heavy atom. The number of carbonyl (C=O) groups excluding carboxylic acids is 1. The molecule has 11 heteroatoms. The standard InChI is InChI=1S/C20H27FN8O2/c1-4-29-17-9-24-8-15(13(17)7-25-29)26-19-12(18(23)30)6-14(21)20(28-19)27-16(11(3)22)10-31-5-2/h6-9,11,16H,4-5,10,22H2,1-3H3,(H2,23,30)(H2,26,27,28)/t11-,16+/m0/s1. The summed E-state index contributed by atoms with van der Waals surface area (Å²) in [6.45, 7) is 7.04. The molecule has 1 amide bonds. The van der Waals surface area contributed by atoms with Crippen LogP contribution >= 0.6 is 0 Å². The Hall–Kier alpha value is -3.31. The van der Waals surface area contributed by atoms with Crippen LogP contribution in [0.1, 0.15) is 31.1 Å². The highest BCUT2D eigenvalue weighted by Gasteiger charge is 2.21. The van der Waals surface area contributed by atoms with Crippen molar-refractivity contribution in [3.63, 3.8) is 0 Å². The third-order valence-electron chi connectivity index (χ3n) is 4.82. The minimum atomic E-state index is -0.817. The number of nitrogens with one attached hydrogen (secondary N) is 2. The third kappa shape index (κ3) is 4.89. The summed E-state index contributed by atoms with van der Waals surface area (Å²) in [5.74, 6) is -1.52. The number of halogens is 1. The van der Waals surface area contributed by atoms with Crippen LogP contribution in [0.4, 0.5) is 21.7 Å². The summed E-state index contributed by atoms with van der Waals surface area (Å²) in [4.78, 5) is 20.5. The van der Waals surface area contributed by atoms with Gasteiger partial charge in [0, 0.05) is 24.6 Å². The van der Waals surface area contributed by atoms with E-state index >= 15 is 0 Å². The Morgan fingerprint density at radius 2 is 2.06 bits per heavy atom. The molecular formula is C20H27FN8O2. The largest absolute Gasteiger partial charge is 0.380 e. The van der Waals surface area contributed by atoms with E-state index in [9.17, 15) is 9.18 Å². The predicted molar refractivity (Wildman–Crippen MR) is 117 cm³/mol. The molecule has 0 bridgehead atoms. The van der Waals surface area contributed by atoms with Crippen molar-refractivity contribution in [1.82, 2.24) is 19.7 Å². The SMILES string of the molecule is CCOC[C@@H](Nc1nc(Nc2cncc3c2cnn3CC)c(C(N)=O)cc1F)[C@H](C)N. The number of fused-ring (bicyclic) bond motifs is 1. The molecule has 0 aliphatic rings. The van der Waals surface area contributed by atoms with Gasteiger partial charge in [0.2, 0.25) is 0 Å². The van der Waals surface area contributed by atoms with Crippen molar-refractivity contribution in [2.24, 2.45) is 11.5 Å². The van der Waals surface area contributed by atoms with Crippen molar-refractivity contribution in [2.75, 3.05) is 23.8 Å². The first-order valence-corrected chi connectivity index (χ1v) is 10.0. The highest BCUT2D eigenvalue weighted by atomic mass is 19.1. The lowest BCUT2D eigenvalue weighted by atomic mass is 10.1. The lowest BCUT2D eigenvalue weighted by molar-refractivity contribution is 0.100. The number of nitrogens with zero attached hydrogens (tertiary/aromatic N) is 4. The lowest BCUT2D eigenvalue weighted by Gasteiger charge is -2.23. The average Bonchev–Trinajstić information content (AvgIpc) is 3.16. The van der Waals surface area contributed by atoms with Crippen LogP contribution in [0.25, 0.3) is 10.9 Å². The molecular weight excluding hydrogens is 403 g/mol. The van der Waals surface area contributed by atoms with E-state index in [2.05, 4.69) is 25.7 Å². The van der Waals surface area contributed by atoms with Crippen LogP contribution in [0.2, 0.25) is 0 Å². The Bertz CT molecular complexity index is 1070. The third-order valence-corrected chi connectivity index (χ3v) is 4.82. The number of pyridine rings is 2. The van der Waals surface area contributed by atoms with Gasteiger partial charge in [0.05, 0.1) is 48.0 Å². The quantitative estimate of drug-likeness (QED) is 0.382. The summed E-state index contributed by atoms with van der Waals surface area (Å²) in [7, 11) is 0. The molecule has 166 valence electrons. The van der Waals surface area contributed by atoms with Crippen molar-refractivity contribution in [2.45, 2.75) is 39.4 Å². The molecule has 3 heterocycles. The number of amides is 1. The number of aryl methyl sites for hydroxylation is 1. The van der Waals surface area contributed by atoms with Crippen LogP contribution in [-0.4, -0.2) is 51.0 Å². The maximum absolute atomic E-state index is 14.7. The number of hydrogen-bond donors (Lipinski definition) is 4. The van der Waals surface area contributed by atoms with Crippen molar-refractivity contribution in [1.29, 1.82) is 0 Å². The molecule has 0 radical (unpaired) electrons. The molecule has 0 saturated heterocycles. The number of anilines is 3. The molecule has 0 unspecified atom stereocenters. The minimum absolute atomic E-state index is 0.0705. The smallest absolute Gasteiger partial charge is 0.252 e. The van der Waals surface area contributed by atoms with Crippen LogP contribution in [0, 0.1) is 5.82 Å². The summed E-state index contributed by atoms with van der Waals surface area (Å²) < 4.78 is 21.9. The van der Waals surface area contributed by atoms with E-state index in [4.69, 9.17) is 16.2 Å². The molecule has 0 saturated carbocycles. The van der Waals surface area contributed by atoms with Crippen LogP contribution in [0.5, 0.6) is 0 Å². The molecule has 2 atom stereocenters. The second-order valence-electron chi connectivity index (χ2n) is 7.05. The van der Waals surface area contributed by atoms with Crippen molar-refractivity contribution >= 4 is 34.1 Å². The second-order valence-corrected chi connectivity index (χ2v) is 7.05. The fraction of sp³-hybridized carbons (Fsp3) is 0.400. The first-order valence-electron chi connectivity index (χ1n) is 10.0. The van der Waals surface area contributed by atoms with E-state index < -0.39 is 11.7 Å². The molecule has 3 aromatic heterocycles. The monoisotopic (exact) mass is 430 g/mol. The maximum Gasteiger partial charge on any atom is 0.252 e. The summed E-state index contributed by atoms with van der Waals surface area (Å²) in [5, 5.41) is 11.1. The first-order chi connectivity index (χ1) is 14.8. The molecule has 3 rings (SSSR count). The van der Waals surface area contributed by atoms with E-state index in [0.29, 0.717) is 18.8 Å². The van der Waals surface area contributed by atoms with Gasteiger partial charge in [0.1, 0.15) is 5.82 Å². The van der Waals surface area contributed by atoms with Crippen molar-refractivity contribution in [3.05, 3.63) is 36.0 Å². The number of carbonyl (C=O) groups is 1. The van der Waals surface area contributed by atoms with Gasteiger partial charge >= 0.3 is 0 Å². The van der Waals surface area contributed by atoms with Gasteiger partial charge in [0.25, 0.3) is 5.91 Å². The van der Waals surface area contributed by atoms with Gasteiger partial charge in [-0.05, 0) is 26.8 Å². The molecule has 6 N–H and O–H groups in total. The van der Waals surface area contributed by atoms with E-state index in [1.165, 1.54) is 0 Å². The molecule has 0 spiro atoms. The molecule has 31 heavy (non-hydrogen) atoms. The Balaban J connectivity index is 2.00. The average molecular weight is 430 g/mol. The summed E-state index contributed by atoms with van der Waals surface area (Å²) in [6.07, 6.45) is 4.95. The predicted octanol–water partition coefficient (Wildman–Crippen LogP) is 1.99. The van der Waals surface area contributed by atoms with Crippen LogP contribution < -0.4 is 22.1 Å². The zero-order valence-corrected chi connectivity index (χ0v) is 17.7. The first kappa shape index (κ1) is 22.4. The zero-order chi connectivity index (χ0) is 22.5. The molecule has 0 fully saturated rings. The number of nitrogens with two attached hydrogens (primary N) is 2. The van der Waals surface area contributed by atoms with Gasteiger partial charge in [-0.1, -0.05) is 0 Å². The number of ether oxygens (including phenoxy) is 1. The van der Waals surface area contributed by atoms with Crippen LogP contribution in [0.15, 0.2) is 24.7 Å². The van der Waals surface area contributed by atoms with Gasteiger partial charge in [-0.25, -0.2) is 9.37 Å². The lowest BCUT2D eigenvalue weighted by Crippen LogP contribution is -2.42. The van der Waals surface area contributed by atoms with Gasteiger partial charge < -0.3 is 26.8 Å². The van der Waals surface area contributed by atoms with Crippen LogP contribution in [-0.2, 0) is 11.3 Å². The topological polar surface area (TPSA) is 146 Å². The van der Waals surface area contributed by atoms with Crippen molar-refractivity contribution in [3.8, 4) is 0 Å². The number of primary amides is 1. The Morgan fingerprint density at radius 1 is 1.29 bits per heavy atom. The zero-order valence-electron chi connectivity index (χ0n) is 17.7. The summed E-state index contributed by atoms with van der Waals surface area (Å²) >= 11 is 0. The number of hydrogen-bond acceptors (Lipinski definition) is 8. The fourth-order valence-electron chi connectivity index (χ4n) is 3.09. The molecule has 0 aliphatic carbocycles. The molecule has 3 aromatic rings. The molecule has 0 aromatic carbocycles. The Kier molecular flexibility index (Phi) is 6.98. The second kappa shape index (κ2) is 9.67. The number of aromatic nitrogens is 4. The van der Waals surface area contributed by atoms with Gasteiger partial charge in [0.15, 0.2) is 11.6 Å². The van der Waals surface area contributed by atoms with Gasteiger partial charge in [-0.15, -0.1) is 0 Å². The molecule has 0 aliphatic heterocycles. The van der Waals surface area contributed by atoms with E-state index in [0.717, 1.165) is 17.0 Å². The van der Waals surface area contributed by atoms with Crippen molar-refractivity contribution < 1.29 is 13.9 Å².